The average Bonchev–Trinajstić information content (AvgIpc) is 3.05. The summed E-state index contributed by atoms with van der Waals surface area (Å²) in [5.74, 6) is 0.353. The van der Waals surface area contributed by atoms with Crippen molar-refractivity contribution in [1.29, 1.82) is 0 Å². The van der Waals surface area contributed by atoms with Gasteiger partial charge in [-0.1, -0.05) is 144 Å². The number of hydrogen-bond donors (Lipinski definition) is 0. The number of aryl methyl sites for hydroxylation is 1. The summed E-state index contributed by atoms with van der Waals surface area (Å²) in [6.07, 6.45) is 18.6. The van der Waals surface area contributed by atoms with Gasteiger partial charge in [0, 0.05) is 23.4 Å². The van der Waals surface area contributed by atoms with Gasteiger partial charge in [-0.3, -0.25) is 4.99 Å². The summed E-state index contributed by atoms with van der Waals surface area (Å²) < 4.78 is 13.6. The molecule has 1 aromatic carbocycles. The van der Waals surface area contributed by atoms with Gasteiger partial charge in [-0.2, -0.15) is 0 Å². The highest BCUT2D eigenvalue weighted by molar-refractivity contribution is 6.32. The molecule has 1 unspecified atom stereocenters. The quantitative estimate of drug-likeness (QED) is 0.117. The fourth-order valence-electron chi connectivity index (χ4n) is 4.19. The number of nitrogens with zero attached hydrogens (tertiary/aromatic N) is 1. The summed E-state index contributed by atoms with van der Waals surface area (Å²) >= 11 is 6.51. The van der Waals surface area contributed by atoms with E-state index in [1.807, 2.05) is 125 Å². The van der Waals surface area contributed by atoms with Gasteiger partial charge in [0.25, 0.3) is 0 Å². The minimum atomic E-state index is -0.0368. The van der Waals surface area contributed by atoms with Crippen LogP contribution in [0.15, 0.2) is 130 Å². The maximum atomic E-state index is 13.6. The molecular formula is C46H73ClFN. The van der Waals surface area contributed by atoms with Crippen LogP contribution in [0.3, 0.4) is 0 Å². The van der Waals surface area contributed by atoms with Crippen LogP contribution < -0.4 is 0 Å². The molecule has 1 aromatic rings. The number of aliphatic imine (C=N–C) groups is 1. The summed E-state index contributed by atoms with van der Waals surface area (Å²) in [4.78, 5) is 4.24. The Morgan fingerprint density at radius 3 is 1.71 bits per heavy atom. The molecule has 0 fully saturated rings. The van der Waals surface area contributed by atoms with Gasteiger partial charge in [0.15, 0.2) is 0 Å². The van der Waals surface area contributed by atoms with Crippen molar-refractivity contribution in [2.45, 2.75) is 135 Å². The molecule has 0 N–H and O–H groups in total. The maximum absolute atomic E-state index is 13.6. The zero-order valence-electron chi connectivity index (χ0n) is 34.5. The Hall–Kier alpha value is -3.23. The lowest BCUT2D eigenvalue weighted by Gasteiger charge is -2.15. The standard InChI is InChI=1S/C24H32ClN.C13H19F.C4H8.C3H8.C2H6/c1-10-20(19(8)26-9)14-13-15-22(24(25)12-3)23(18(6)7)16-21(11-2)17(4)5;1-4-6-11(5-2)12-8-7-10(3)9-13(12)14;1-4(2)3;1-3-2;1-2/h10-16H,4,6H2,1-3,5,7-9H3;7-9,11H,4-6H2,1-3H3;1H2,2-3H3;3H2,1-2H3;1-2H3/b14-13+,20-10-,21-11-,22-15-,23-16+,24-12+,26-19?;;;;. The summed E-state index contributed by atoms with van der Waals surface area (Å²) in [6.45, 7) is 42.0. The summed E-state index contributed by atoms with van der Waals surface area (Å²) in [5.41, 5.74) is 10.1. The molecule has 0 aliphatic carbocycles. The van der Waals surface area contributed by atoms with Crippen LogP contribution in [0, 0.1) is 12.7 Å². The molecule has 1 rings (SSSR count). The normalized spacial score (nSPS) is 13.0. The van der Waals surface area contributed by atoms with Crippen LogP contribution in [-0.2, 0) is 0 Å². The first kappa shape index (κ1) is 52.6. The minimum Gasteiger partial charge on any atom is -0.293 e. The fraction of sp³-hybridized carbons (Fsp3) is 0.457. The van der Waals surface area contributed by atoms with Crippen molar-refractivity contribution in [3.05, 3.63) is 141 Å². The molecule has 0 amide bonds. The Morgan fingerprint density at radius 1 is 0.857 bits per heavy atom. The third-order valence-electron chi connectivity index (χ3n) is 6.69. The predicted molar refractivity (Wildman–Crippen MR) is 228 cm³/mol. The third kappa shape index (κ3) is 25.4. The Balaban J connectivity index is -0.000000364. The van der Waals surface area contributed by atoms with E-state index in [1.165, 1.54) is 12.0 Å². The molecule has 0 heterocycles. The van der Waals surface area contributed by atoms with E-state index in [9.17, 15) is 4.39 Å². The first-order chi connectivity index (χ1) is 23.1. The van der Waals surface area contributed by atoms with Crippen LogP contribution in [0.5, 0.6) is 0 Å². The molecule has 0 aromatic heterocycles. The molecule has 0 saturated carbocycles. The number of benzene rings is 1. The van der Waals surface area contributed by atoms with Crippen molar-refractivity contribution in [3.63, 3.8) is 0 Å². The molecule has 0 saturated heterocycles. The smallest absolute Gasteiger partial charge is 0.126 e. The molecule has 49 heavy (non-hydrogen) atoms. The van der Waals surface area contributed by atoms with Crippen molar-refractivity contribution >= 4 is 17.3 Å². The third-order valence-corrected chi connectivity index (χ3v) is 7.11. The largest absolute Gasteiger partial charge is 0.293 e. The van der Waals surface area contributed by atoms with E-state index < -0.39 is 0 Å². The van der Waals surface area contributed by atoms with E-state index in [1.54, 1.807) is 13.1 Å². The van der Waals surface area contributed by atoms with E-state index in [-0.39, 0.29) is 5.82 Å². The lowest BCUT2D eigenvalue weighted by atomic mass is 9.91. The van der Waals surface area contributed by atoms with E-state index in [0.717, 1.165) is 69.5 Å². The Bertz CT molecular complexity index is 1320. The van der Waals surface area contributed by atoms with Crippen molar-refractivity contribution < 1.29 is 4.39 Å². The van der Waals surface area contributed by atoms with Crippen LogP contribution >= 0.6 is 11.6 Å². The van der Waals surface area contributed by atoms with Crippen LogP contribution in [0.1, 0.15) is 140 Å². The van der Waals surface area contributed by atoms with E-state index >= 15 is 0 Å². The van der Waals surface area contributed by atoms with Crippen molar-refractivity contribution in [1.82, 2.24) is 0 Å². The Kier molecular flexibility index (Phi) is 35.7. The Labute approximate surface area is 309 Å². The molecule has 1 nitrogen and oxygen atoms in total. The van der Waals surface area contributed by atoms with Gasteiger partial charge in [0.05, 0.1) is 0 Å². The highest BCUT2D eigenvalue weighted by Crippen LogP contribution is 2.30. The van der Waals surface area contributed by atoms with Gasteiger partial charge >= 0.3 is 0 Å². The minimum absolute atomic E-state index is 0.0368. The second-order valence-electron chi connectivity index (χ2n) is 11.8. The molecule has 0 spiro atoms. The van der Waals surface area contributed by atoms with E-state index in [0.29, 0.717) is 11.0 Å². The van der Waals surface area contributed by atoms with Crippen LogP contribution in [0.25, 0.3) is 0 Å². The molecule has 276 valence electrons. The second kappa shape index (κ2) is 33.3. The van der Waals surface area contributed by atoms with E-state index in [2.05, 4.69) is 58.5 Å². The Morgan fingerprint density at radius 2 is 1.37 bits per heavy atom. The summed E-state index contributed by atoms with van der Waals surface area (Å²) in [7, 11) is 1.79. The monoisotopic (exact) mass is 694 g/mol. The average molecular weight is 695 g/mol. The molecule has 3 heteroatoms. The zero-order chi connectivity index (χ0) is 39.1. The number of allylic oxidation sites excluding steroid dienone is 15. The van der Waals surface area contributed by atoms with Gasteiger partial charge in [-0.15, -0.1) is 6.58 Å². The first-order valence-electron chi connectivity index (χ1n) is 18.0. The van der Waals surface area contributed by atoms with Crippen molar-refractivity contribution in [2.75, 3.05) is 7.05 Å². The van der Waals surface area contributed by atoms with Gasteiger partial charge in [0.1, 0.15) is 5.82 Å². The molecule has 0 bridgehead atoms. The molecule has 0 aliphatic heterocycles. The van der Waals surface area contributed by atoms with Gasteiger partial charge in [0.2, 0.25) is 0 Å². The SMILES string of the molecule is C=C(C)C.C=C(C)C(=C\C)/C=C(C(=C)C)/C(=C/C=C/C(=C/C)C(C)=NC)C(/Cl)=C\C.CC.CCC.CCCC(CC)c1ccc(C)cc1F. The molecule has 0 radical (unpaired) electrons. The lowest BCUT2D eigenvalue weighted by Crippen LogP contribution is -2.00. The summed E-state index contributed by atoms with van der Waals surface area (Å²) in [6, 6.07) is 5.57. The van der Waals surface area contributed by atoms with Gasteiger partial charge in [-0.05, 0) is 121 Å². The highest BCUT2D eigenvalue weighted by atomic mass is 35.5. The number of halogens is 2. The van der Waals surface area contributed by atoms with Gasteiger partial charge < -0.3 is 0 Å². The lowest BCUT2D eigenvalue weighted by molar-refractivity contribution is 0.539. The molecule has 1 atom stereocenters. The topological polar surface area (TPSA) is 12.4 Å². The zero-order valence-corrected chi connectivity index (χ0v) is 35.3. The first-order valence-corrected chi connectivity index (χ1v) is 18.3. The predicted octanol–water partition coefficient (Wildman–Crippen LogP) is 16.1. The summed E-state index contributed by atoms with van der Waals surface area (Å²) in [5, 5.41) is 0.684. The fourth-order valence-corrected chi connectivity index (χ4v) is 4.35. The van der Waals surface area contributed by atoms with Gasteiger partial charge in [-0.25, -0.2) is 4.39 Å². The van der Waals surface area contributed by atoms with E-state index in [4.69, 9.17) is 11.6 Å². The van der Waals surface area contributed by atoms with Crippen LogP contribution in [-0.4, -0.2) is 12.8 Å². The van der Waals surface area contributed by atoms with Crippen molar-refractivity contribution in [2.24, 2.45) is 4.99 Å². The molecule has 0 aliphatic rings. The highest BCUT2D eigenvalue weighted by Gasteiger charge is 2.13. The van der Waals surface area contributed by atoms with Crippen LogP contribution in [0.4, 0.5) is 4.39 Å². The van der Waals surface area contributed by atoms with Crippen LogP contribution in [0.2, 0.25) is 0 Å². The van der Waals surface area contributed by atoms with Crippen molar-refractivity contribution in [3.8, 4) is 0 Å². The second-order valence-corrected chi connectivity index (χ2v) is 12.2. The maximum Gasteiger partial charge on any atom is 0.126 e. The molecular weight excluding hydrogens is 621 g/mol. The number of rotatable bonds is 12. The number of hydrogen-bond acceptors (Lipinski definition) is 1.